The third-order valence-corrected chi connectivity index (χ3v) is 4.73. The standard InChI is InChI=1S/C19H34N4O2/c1-4-16-13-17(25-23-16)14-22-19(20-5-2)21-12-11-18(24-6-3)15-9-7-8-10-15/h13,15,18H,4-12,14H2,1-3H3,(H2,20,21,22). The zero-order valence-electron chi connectivity index (χ0n) is 16.0. The number of hydrogen-bond donors (Lipinski definition) is 2. The van der Waals surface area contributed by atoms with E-state index in [1.165, 1.54) is 25.7 Å². The summed E-state index contributed by atoms with van der Waals surface area (Å²) in [5.74, 6) is 2.34. The second kappa shape index (κ2) is 11.1. The van der Waals surface area contributed by atoms with Crippen molar-refractivity contribution in [2.24, 2.45) is 10.9 Å². The molecule has 25 heavy (non-hydrogen) atoms. The minimum absolute atomic E-state index is 0.365. The molecule has 142 valence electrons. The number of aromatic nitrogens is 1. The first-order chi connectivity index (χ1) is 12.3. The Morgan fingerprint density at radius 3 is 2.76 bits per heavy atom. The minimum atomic E-state index is 0.365. The maximum atomic E-state index is 5.99. The summed E-state index contributed by atoms with van der Waals surface area (Å²) in [7, 11) is 0. The van der Waals surface area contributed by atoms with Crippen molar-refractivity contribution in [2.45, 2.75) is 71.9 Å². The van der Waals surface area contributed by atoms with Crippen molar-refractivity contribution in [1.82, 2.24) is 15.8 Å². The average Bonchev–Trinajstić information content (AvgIpc) is 3.30. The minimum Gasteiger partial charge on any atom is -0.378 e. The van der Waals surface area contributed by atoms with Gasteiger partial charge in [0.15, 0.2) is 11.7 Å². The maximum Gasteiger partial charge on any atom is 0.191 e. The van der Waals surface area contributed by atoms with Crippen LogP contribution in [0.25, 0.3) is 0 Å². The van der Waals surface area contributed by atoms with Crippen molar-refractivity contribution in [3.63, 3.8) is 0 Å². The highest BCUT2D eigenvalue weighted by atomic mass is 16.5. The summed E-state index contributed by atoms with van der Waals surface area (Å²) in [4.78, 5) is 4.59. The Morgan fingerprint density at radius 2 is 2.12 bits per heavy atom. The Balaban J connectivity index is 1.81. The lowest BCUT2D eigenvalue weighted by atomic mass is 9.98. The Morgan fingerprint density at radius 1 is 1.32 bits per heavy atom. The van der Waals surface area contributed by atoms with Gasteiger partial charge in [0.1, 0.15) is 6.54 Å². The highest BCUT2D eigenvalue weighted by molar-refractivity contribution is 5.79. The summed E-state index contributed by atoms with van der Waals surface area (Å²) in [6.07, 6.45) is 7.58. The number of nitrogens with zero attached hydrogens (tertiary/aromatic N) is 2. The molecule has 1 saturated carbocycles. The van der Waals surface area contributed by atoms with Gasteiger partial charge in [0, 0.05) is 25.8 Å². The van der Waals surface area contributed by atoms with Gasteiger partial charge in [-0.15, -0.1) is 0 Å². The van der Waals surface area contributed by atoms with Crippen molar-refractivity contribution in [3.05, 3.63) is 17.5 Å². The number of ether oxygens (including phenoxy) is 1. The molecule has 1 aliphatic carbocycles. The lowest BCUT2D eigenvalue weighted by Gasteiger charge is -2.24. The van der Waals surface area contributed by atoms with Crippen LogP contribution in [-0.4, -0.2) is 36.9 Å². The van der Waals surface area contributed by atoms with E-state index in [4.69, 9.17) is 9.26 Å². The number of aliphatic imine (C=N–C) groups is 1. The van der Waals surface area contributed by atoms with Crippen LogP contribution in [0.2, 0.25) is 0 Å². The fraction of sp³-hybridized carbons (Fsp3) is 0.789. The van der Waals surface area contributed by atoms with Gasteiger partial charge in [0.05, 0.1) is 11.8 Å². The zero-order valence-corrected chi connectivity index (χ0v) is 16.0. The predicted molar refractivity (Wildman–Crippen MR) is 101 cm³/mol. The molecule has 1 aliphatic rings. The summed E-state index contributed by atoms with van der Waals surface area (Å²) in [6, 6.07) is 1.97. The monoisotopic (exact) mass is 350 g/mol. The Bertz CT molecular complexity index is 509. The molecule has 0 amide bonds. The molecule has 1 atom stereocenters. The molecule has 0 saturated heterocycles. The summed E-state index contributed by atoms with van der Waals surface area (Å²) in [5.41, 5.74) is 0.972. The SMILES string of the molecule is CCNC(=NCc1cc(CC)no1)NCCC(OCC)C1CCCC1. The van der Waals surface area contributed by atoms with Crippen LogP contribution in [0.3, 0.4) is 0 Å². The Hall–Kier alpha value is -1.56. The van der Waals surface area contributed by atoms with Gasteiger partial charge in [-0.05, 0) is 45.4 Å². The van der Waals surface area contributed by atoms with E-state index >= 15 is 0 Å². The molecule has 1 unspecified atom stereocenters. The van der Waals surface area contributed by atoms with E-state index in [1.54, 1.807) is 0 Å². The van der Waals surface area contributed by atoms with Gasteiger partial charge < -0.3 is 19.9 Å². The van der Waals surface area contributed by atoms with Crippen LogP contribution in [0.15, 0.2) is 15.6 Å². The van der Waals surface area contributed by atoms with Crippen LogP contribution >= 0.6 is 0 Å². The van der Waals surface area contributed by atoms with E-state index in [1.807, 2.05) is 6.07 Å². The van der Waals surface area contributed by atoms with E-state index in [9.17, 15) is 0 Å². The normalized spacial score (nSPS) is 17.0. The molecular weight excluding hydrogens is 316 g/mol. The van der Waals surface area contributed by atoms with Gasteiger partial charge in [-0.25, -0.2) is 4.99 Å². The third-order valence-electron chi connectivity index (χ3n) is 4.73. The number of nitrogens with one attached hydrogen (secondary N) is 2. The van der Waals surface area contributed by atoms with E-state index in [0.717, 1.165) is 55.9 Å². The molecule has 2 rings (SSSR count). The zero-order chi connectivity index (χ0) is 17.9. The van der Waals surface area contributed by atoms with Crippen LogP contribution in [-0.2, 0) is 17.7 Å². The van der Waals surface area contributed by atoms with E-state index < -0.39 is 0 Å². The molecule has 6 heteroatoms. The van der Waals surface area contributed by atoms with Gasteiger partial charge in [0.2, 0.25) is 0 Å². The molecule has 2 N–H and O–H groups in total. The third kappa shape index (κ3) is 6.69. The number of rotatable bonds is 10. The number of aryl methyl sites for hydroxylation is 1. The fourth-order valence-corrected chi connectivity index (χ4v) is 3.43. The van der Waals surface area contributed by atoms with Crippen LogP contribution < -0.4 is 10.6 Å². The van der Waals surface area contributed by atoms with Gasteiger partial charge in [-0.2, -0.15) is 0 Å². The average molecular weight is 351 g/mol. The van der Waals surface area contributed by atoms with E-state index in [0.29, 0.717) is 12.6 Å². The number of hydrogen-bond acceptors (Lipinski definition) is 4. The first kappa shape index (κ1) is 19.8. The van der Waals surface area contributed by atoms with E-state index in [-0.39, 0.29) is 0 Å². The molecule has 6 nitrogen and oxygen atoms in total. The largest absolute Gasteiger partial charge is 0.378 e. The quantitative estimate of drug-likeness (QED) is 0.500. The molecule has 0 radical (unpaired) electrons. The number of guanidine groups is 1. The predicted octanol–water partition coefficient (Wildman–Crippen LogP) is 3.28. The smallest absolute Gasteiger partial charge is 0.191 e. The highest BCUT2D eigenvalue weighted by Gasteiger charge is 2.25. The fourth-order valence-electron chi connectivity index (χ4n) is 3.43. The molecule has 1 fully saturated rings. The molecule has 0 spiro atoms. The van der Waals surface area contributed by atoms with Crippen LogP contribution in [0.5, 0.6) is 0 Å². The van der Waals surface area contributed by atoms with Crippen molar-refractivity contribution in [1.29, 1.82) is 0 Å². The summed E-state index contributed by atoms with van der Waals surface area (Å²) in [6.45, 7) is 9.21. The van der Waals surface area contributed by atoms with Crippen molar-refractivity contribution >= 4 is 5.96 Å². The summed E-state index contributed by atoms with van der Waals surface area (Å²) >= 11 is 0. The van der Waals surface area contributed by atoms with Gasteiger partial charge in [-0.1, -0.05) is 24.9 Å². The van der Waals surface area contributed by atoms with E-state index in [2.05, 4.69) is 41.6 Å². The lowest BCUT2D eigenvalue weighted by Crippen LogP contribution is -2.39. The highest BCUT2D eigenvalue weighted by Crippen LogP contribution is 2.30. The topological polar surface area (TPSA) is 71.7 Å². The molecule has 1 aromatic heterocycles. The van der Waals surface area contributed by atoms with Crippen LogP contribution in [0.4, 0.5) is 0 Å². The Labute approximate surface area is 151 Å². The van der Waals surface area contributed by atoms with Gasteiger partial charge >= 0.3 is 0 Å². The van der Waals surface area contributed by atoms with Crippen molar-refractivity contribution in [2.75, 3.05) is 19.7 Å². The molecule has 0 aromatic carbocycles. The maximum absolute atomic E-state index is 5.99. The lowest BCUT2D eigenvalue weighted by molar-refractivity contribution is 0.0169. The molecule has 0 aliphatic heterocycles. The second-order valence-corrected chi connectivity index (χ2v) is 6.59. The van der Waals surface area contributed by atoms with Gasteiger partial charge in [0.25, 0.3) is 0 Å². The molecule has 1 heterocycles. The van der Waals surface area contributed by atoms with Crippen molar-refractivity contribution < 1.29 is 9.26 Å². The van der Waals surface area contributed by atoms with Crippen molar-refractivity contribution in [3.8, 4) is 0 Å². The Kier molecular flexibility index (Phi) is 8.80. The first-order valence-corrected chi connectivity index (χ1v) is 9.85. The molecule has 1 aromatic rings. The molecular formula is C19H34N4O2. The first-order valence-electron chi connectivity index (χ1n) is 9.85. The van der Waals surface area contributed by atoms with Gasteiger partial charge in [-0.3, -0.25) is 0 Å². The summed E-state index contributed by atoms with van der Waals surface area (Å²) in [5, 5.41) is 10.7. The summed E-state index contributed by atoms with van der Waals surface area (Å²) < 4.78 is 11.3. The second-order valence-electron chi connectivity index (χ2n) is 6.59. The molecule has 0 bridgehead atoms. The van der Waals surface area contributed by atoms with Crippen LogP contribution in [0.1, 0.15) is 64.3 Å². The van der Waals surface area contributed by atoms with Crippen LogP contribution in [0, 0.1) is 5.92 Å².